The van der Waals surface area contributed by atoms with E-state index in [1.807, 2.05) is 4.90 Å². The third kappa shape index (κ3) is 2.83. The van der Waals surface area contributed by atoms with Gasteiger partial charge in [-0.25, -0.2) is 0 Å². The molecular formula is C13H22N2O3. The lowest BCUT2D eigenvalue weighted by molar-refractivity contribution is -0.142. The Morgan fingerprint density at radius 1 is 1.22 bits per heavy atom. The normalized spacial score (nSPS) is 26.5. The number of carbonyl (C=O) groups is 2. The van der Waals surface area contributed by atoms with Gasteiger partial charge in [-0.1, -0.05) is 12.8 Å². The van der Waals surface area contributed by atoms with Crippen molar-refractivity contribution in [3.8, 4) is 0 Å². The molecule has 0 bridgehead atoms. The van der Waals surface area contributed by atoms with Crippen molar-refractivity contribution in [1.29, 1.82) is 0 Å². The van der Waals surface area contributed by atoms with Crippen molar-refractivity contribution in [2.75, 3.05) is 6.54 Å². The molecule has 5 nitrogen and oxygen atoms in total. The molecule has 1 aliphatic heterocycles. The quantitative estimate of drug-likeness (QED) is 0.783. The summed E-state index contributed by atoms with van der Waals surface area (Å²) in [5, 5.41) is 8.70. The topological polar surface area (TPSA) is 83.6 Å². The lowest BCUT2D eigenvalue weighted by Crippen LogP contribution is -2.48. The van der Waals surface area contributed by atoms with Gasteiger partial charge in [-0.3, -0.25) is 9.59 Å². The maximum Gasteiger partial charge on any atom is 0.305 e. The highest BCUT2D eigenvalue weighted by Crippen LogP contribution is 2.35. The lowest BCUT2D eigenvalue weighted by atomic mass is 9.95. The van der Waals surface area contributed by atoms with Crippen LogP contribution in [0.2, 0.25) is 0 Å². The molecule has 1 heterocycles. The number of likely N-dealkylation sites (tertiary alicyclic amines) is 1. The molecule has 1 aliphatic carbocycles. The first-order valence-corrected chi connectivity index (χ1v) is 6.87. The second-order valence-corrected chi connectivity index (χ2v) is 5.49. The van der Waals surface area contributed by atoms with E-state index in [0.717, 1.165) is 19.4 Å². The summed E-state index contributed by atoms with van der Waals surface area (Å²) in [6.45, 7) is 0.743. The third-order valence-electron chi connectivity index (χ3n) is 4.24. The molecule has 102 valence electrons. The van der Waals surface area contributed by atoms with Crippen molar-refractivity contribution in [2.45, 2.75) is 57.0 Å². The van der Waals surface area contributed by atoms with E-state index in [9.17, 15) is 9.59 Å². The minimum absolute atomic E-state index is 0.174. The molecule has 0 radical (unpaired) electrons. The fourth-order valence-corrected chi connectivity index (χ4v) is 3.39. The van der Waals surface area contributed by atoms with Gasteiger partial charge in [0.25, 0.3) is 0 Å². The van der Waals surface area contributed by atoms with E-state index < -0.39 is 12.0 Å². The monoisotopic (exact) mass is 254 g/mol. The Labute approximate surface area is 107 Å². The Morgan fingerprint density at radius 3 is 2.50 bits per heavy atom. The van der Waals surface area contributed by atoms with Gasteiger partial charge in [-0.15, -0.1) is 0 Å². The van der Waals surface area contributed by atoms with Crippen molar-refractivity contribution >= 4 is 11.9 Å². The number of hydrogen-bond donors (Lipinski definition) is 2. The van der Waals surface area contributed by atoms with Crippen molar-refractivity contribution in [3.63, 3.8) is 0 Å². The SMILES string of the molecule is NC(CC(=O)O)C(=O)N1CCCC1C1CCCC1. The third-order valence-corrected chi connectivity index (χ3v) is 4.24. The zero-order valence-corrected chi connectivity index (χ0v) is 10.7. The molecule has 2 atom stereocenters. The molecule has 2 rings (SSSR count). The Kier molecular flexibility index (Phi) is 4.22. The number of amides is 1. The van der Waals surface area contributed by atoms with Crippen LogP contribution in [0.1, 0.15) is 44.9 Å². The van der Waals surface area contributed by atoms with Crippen molar-refractivity contribution in [2.24, 2.45) is 11.7 Å². The highest BCUT2D eigenvalue weighted by molar-refractivity contribution is 5.86. The Morgan fingerprint density at radius 2 is 1.89 bits per heavy atom. The second-order valence-electron chi connectivity index (χ2n) is 5.49. The minimum atomic E-state index is -1.01. The zero-order valence-electron chi connectivity index (χ0n) is 10.7. The zero-order chi connectivity index (χ0) is 13.1. The van der Waals surface area contributed by atoms with E-state index in [2.05, 4.69) is 0 Å². The molecule has 1 saturated carbocycles. The van der Waals surface area contributed by atoms with Crippen LogP contribution in [0.3, 0.4) is 0 Å². The van der Waals surface area contributed by atoms with Crippen molar-refractivity contribution < 1.29 is 14.7 Å². The Bertz CT molecular complexity index is 326. The Hall–Kier alpha value is -1.10. The molecule has 0 aromatic rings. The summed E-state index contributed by atoms with van der Waals surface area (Å²) >= 11 is 0. The molecular weight excluding hydrogens is 232 g/mol. The number of carbonyl (C=O) groups excluding carboxylic acids is 1. The van der Waals surface area contributed by atoms with E-state index in [-0.39, 0.29) is 12.3 Å². The van der Waals surface area contributed by atoms with Crippen LogP contribution in [-0.2, 0) is 9.59 Å². The Balaban J connectivity index is 1.97. The van der Waals surface area contributed by atoms with Gasteiger partial charge < -0.3 is 15.7 Å². The number of rotatable bonds is 4. The molecule has 18 heavy (non-hydrogen) atoms. The van der Waals surface area contributed by atoms with Crippen LogP contribution in [0.5, 0.6) is 0 Å². The maximum atomic E-state index is 12.2. The van der Waals surface area contributed by atoms with Crippen LogP contribution in [0.25, 0.3) is 0 Å². The van der Waals surface area contributed by atoms with Gasteiger partial charge in [0.05, 0.1) is 12.5 Å². The molecule has 0 spiro atoms. The average Bonchev–Trinajstić information content (AvgIpc) is 2.97. The summed E-state index contributed by atoms with van der Waals surface area (Å²) in [5.74, 6) is -0.576. The number of nitrogens with two attached hydrogens (primary N) is 1. The summed E-state index contributed by atoms with van der Waals surface area (Å²) in [6, 6.07) is -0.579. The number of carboxylic acids is 1. The van der Waals surface area contributed by atoms with E-state index in [1.165, 1.54) is 25.7 Å². The number of carboxylic acid groups (broad SMARTS) is 1. The molecule has 0 aromatic carbocycles. The summed E-state index contributed by atoms with van der Waals surface area (Å²) in [5.41, 5.74) is 5.69. The van der Waals surface area contributed by atoms with E-state index in [0.29, 0.717) is 12.0 Å². The minimum Gasteiger partial charge on any atom is -0.481 e. The predicted molar refractivity (Wildman–Crippen MR) is 66.9 cm³/mol. The van der Waals surface area contributed by atoms with Gasteiger partial charge >= 0.3 is 5.97 Å². The van der Waals surface area contributed by atoms with Gasteiger partial charge in [0.1, 0.15) is 0 Å². The highest BCUT2D eigenvalue weighted by atomic mass is 16.4. The van der Waals surface area contributed by atoms with Crippen LogP contribution in [-0.4, -0.2) is 40.5 Å². The number of hydrogen-bond acceptors (Lipinski definition) is 3. The number of aliphatic carboxylic acids is 1. The molecule has 2 unspecified atom stereocenters. The fourth-order valence-electron chi connectivity index (χ4n) is 3.39. The summed E-state index contributed by atoms with van der Waals surface area (Å²) in [7, 11) is 0. The van der Waals surface area contributed by atoms with Crippen molar-refractivity contribution in [3.05, 3.63) is 0 Å². The second kappa shape index (κ2) is 5.69. The molecule has 5 heteroatoms. The largest absolute Gasteiger partial charge is 0.481 e. The molecule has 1 amide bonds. The van der Waals surface area contributed by atoms with E-state index in [4.69, 9.17) is 10.8 Å². The van der Waals surface area contributed by atoms with Crippen LogP contribution in [0.15, 0.2) is 0 Å². The van der Waals surface area contributed by atoms with Gasteiger partial charge in [0.2, 0.25) is 5.91 Å². The summed E-state index contributed by atoms with van der Waals surface area (Å²) in [4.78, 5) is 24.7. The lowest BCUT2D eigenvalue weighted by Gasteiger charge is -2.31. The predicted octanol–water partition coefficient (Wildman–Crippen LogP) is 0.970. The highest BCUT2D eigenvalue weighted by Gasteiger charge is 2.37. The smallest absolute Gasteiger partial charge is 0.305 e. The van der Waals surface area contributed by atoms with Crippen LogP contribution in [0, 0.1) is 5.92 Å². The standard InChI is InChI=1S/C13H22N2O3/c14-10(8-12(16)17)13(18)15-7-3-6-11(15)9-4-1-2-5-9/h9-11H,1-8,14H2,(H,16,17). The molecule has 2 aliphatic rings. The van der Waals surface area contributed by atoms with E-state index >= 15 is 0 Å². The van der Waals surface area contributed by atoms with Gasteiger partial charge in [0, 0.05) is 12.6 Å². The van der Waals surface area contributed by atoms with Crippen LogP contribution in [0.4, 0.5) is 0 Å². The maximum absolute atomic E-state index is 12.2. The van der Waals surface area contributed by atoms with Gasteiger partial charge in [0.15, 0.2) is 0 Å². The van der Waals surface area contributed by atoms with Gasteiger partial charge in [-0.2, -0.15) is 0 Å². The number of nitrogens with zero attached hydrogens (tertiary/aromatic N) is 1. The molecule has 1 saturated heterocycles. The summed E-state index contributed by atoms with van der Waals surface area (Å²) < 4.78 is 0. The molecule has 3 N–H and O–H groups in total. The van der Waals surface area contributed by atoms with Crippen LogP contribution < -0.4 is 5.73 Å². The summed E-state index contributed by atoms with van der Waals surface area (Å²) in [6.07, 6.45) is 6.70. The first-order chi connectivity index (χ1) is 8.59. The molecule has 0 aromatic heterocycles. The first kappa shape index (κ1) is 13.3. The average molecular weight is 254 g/mol. The molecule has 2 fully saturated rings. The van der Waals surface area contributed by atoms with E-state index in [1.54, 1.807) is 0 Å². The fraction of sp³-hybridized carbons (Fsp3) is 0.846. The van der Waals surface area contributed by atoms with Gasteiger partial charge in [-0.05, 0) is 31.6 Å². The van der Waals surface area contributed by atoms with Crippen molar-refractivity contribution in [1.82, 2.24) is 4.90 Å². The van der Waals surface area contributed by atoms with Crippen LogP contribution >= 0.6 is 0 Å². The first-order valence-electron chi connectivity index (χ1n) is 6.87.